The van der Waals surface area contributed by atoms with Gasteiger partial charge in [-0.2, -0.15) is 10.4 Å². The van der Waals surface area contributed by atoms with Crippen molar-refractivity contribution in [1.82, 2.24) is 14.8 Å². The van der Waals surface area contributed by atoms with E-state index in [0.717, 1.165) is 30.2 Å². The van der Waals surface area contributed by atoms with E-state index < -0.39 is 17.5 Å². The molecule has 3 aromatic rings. The van der Waals surface area contributed by atoms with Crippen LogP contribution in [-0.2, 0) is 6.42 Å². The zero-order valence-corrected chi connectivity index (χ0v) is 14.5. The standard InChI is InChI=1S/C20H13F2N5O/c21-11-1-4-17(16(22)7-11)27-19-14-5-10(14)6-15(19)18(26-27)20(28)25-13-3-2-12(8-23)24-9-13/h1-4,7,9-10,14H,5-6H2,(H,25,28)/t10-,14-/m1/s1. The number of nitrogens with one attached hydrogen (secondary N) is 1. The maximum absolute atomic E-state index is 14.3. The minimum absolute atomic E-state index is 0.129. The molecular formula is C20H13F2N5O. The first-order valence-corrected chi connectivity index (χ1v) is 8.80. The largest absolute Gasteiger partial charge is 0.319 e. The van der Waals surface area contributed by atoms with Crippen LogP contribution in [0.2, 0.25) is 0 Å². The lowest BCUT2D eigenvalue weighted by molar-refractivity contribution is 0.102. The molecule has 1 saturated carbocycles. The van der Waals surface area contributed by atoms with Crippen molar-refractivity contribution in [1.29, 1.82) is 5.26 Å². The molecule has 1 amide bonds. The Morgan fingerprint density at radius 3 is 2.86 bits per heavy atom. The van der Waals surface area contributed by atoms with E-state index in [1.54, 1.807) is 6.07 Å². The molecule has 8 heteroatoms. The number of benzene rings is 1. The molecule has 0 spiro atoms. The molecule has 2 heterocycles. The van der Waals surface area contributed by atoms with E-state index in [2.05, 4.69) is 15.4 Å². The quantitative estimate of drug-likeness (QED) is 0.759. The highest BCUT2D eigenvalue weighted by atomic mass is 19.1. The number of anilines is 1. The van der Waals surface area contributed by atoms with Crippen LogP contribution in [0.4, 0.5) is 14.5 Å². The second-order valence-electron chi connectivity index (χ2n) is 7.02. The van der Waals surface area contributed by atoms with Gasteiger partial charge in [0.2, 0.25) is 0 Å². The van der Waals surface area contributed by atoms with Gasteiger partial charge in [-0.05, 0) is 43.0 Å². The van der Waals surface area contributed by atoms with Crippen molar-refractivity contribution in [2.75, 3.05) is 5.32 Å². The third-order valence-electron chi connectivity index (χ3n) is 5.25. The van der Waals surface area contributed by atoms with E-state index in [4.69, 9.17) is 5.26 Å². The normalized spacial score (nSPS) is 18.9. The molecule has 0 unspecified atom stereocenters. The van der Waals surface area contributed by atoms with Crippen molar-refractivity contribution >= 4 is 11.6 Å². The maximum Gasteiger partial charge on any atom is 0.276 e. The number of carbonyl (C=O) groups excluding carboxylic acids is 1. The minimum atomic E-state index is -0.724. The fraction of sp³-hybridized carbons (Fsp3) is 0.200. The maximum atomic E-state index is 14.3. The smallest absolute Gasteiger partial charge is 0.276 e. The summed E-state index contributed by atoms with van der Waals surface area (Å²) in [5, 5.41) is 15.9. The van der Waals surface area contributed by atoms with Crippen LogP contribution in [0.5, 0.6) is 0 Å². The van der Waals surface area contributed by atoms with Crippen LogP contribution in [0.1, 0.15) is 39.8 Å². The highest BCUT2D eigenvalue weighted by molar-refractivity contribution is 6.04. The lowest BCUT2D eigenvalue weighted by atomic mass is 10.1. The van der Waals surface area contributed by atoms with E-state index in [-0.39, 0.29) is 23.0 Å². The summed E-state index contributed by atoms with van der Waals surface area (Å²) >= 11 is 0. The molecular weight excluding hydrogens is 364 g/mol. The first-order valence-electron chi connectivity index (χ1n) is 8.80. The average molecular weight is 377 g/mol. The summed E-state index contributed by atoms with van der Waals surface area (Å²) in [6.45, 7) is 0. The van der Waals surface area contributed by atoms with E-state index in [0.29, 0.717) is 11.6 Å². The highest BCUT2D eigenvalue weighted by Crippen LogP contribution is 2.57. The molecule has 1 N–H and O–H groups in total. The molecule has 2 aromatic heterocycles. The van der Waals surface area contributed by atoms with Gasteiger partial charge in [-0.15, -0.1) is 0 Å². The Morgan fingerprint density at radius 2 is 2.14 bits per heavy atom. The first-order chi connectivity index (χ1) is 13.5. The average Bonchev–Trinajstić information content (AvgIpc) is 3.18. The molecule has 0 bridgehead atoms. The molecule has 5 rings (SSSR count). The Bertz CT molecular complexity index is 1160. The van der Waals surface area contributed by atoms with Gasteiger partial charge in [0.1, 0.15) is 23.3 Å². The summed E-state index contributed by atoms with van der Waals surface area (Å²) in [5.74, 6) is -1.11. The molecule has 2 atom stereocenters. The van der Waals surface area contributed by atoms with E-state index in [1.165, 1.54) is 29.1 Å². The van der Waals surface area contributed by atoms with Gasteiger partial charge in [0.25, 0.3) is 5.91 Å². The number of hydrogen-bond donors (Lipinski definition) is 1. The van der Waals surface area contributed by atoms with Gasteiger partial charge in [-0.1, -0.05) is 0 Å². The van der Waals surface area contributed by atoms with Crippen LogP contribution in [0.3, 0.4) is 0 Å². The number of halogens is 2. The first kappa shape index (κ1) is 16.6. The van der Waals surface area contributed by atoms with E-state index in [1.807, 2.05) is 6.07 Å². The van der Waals surface area contributed by atoms with Crippen LogP contribution < -0.4 is 5.32 Å². The van der Waals surface area contributed by atoms with Gasteiger partial charge in [-0.25, -0.2) is 18.4 Å². The second kappa shape index (κ2) is 5.96. The fourth-order valence-electron chi connectivity index (χ4n) is 3.86. The lowest BCUT2D eigenvalue weighted by Crippen LogP contribution is -2.15. The van der Waals surface area contributed by atoms with Gasteiger partial charge in [0.15, 0.2) is 11.5 Å². The minimum Gasteiger partial charge on any atom is -0.319 e. The van der Waals surface area contributed by atoms with Crippen molar-refractivity contribution in [3.63, 3.8) is 0 Å². The van der Waals surface area contributed by atoms with Crippen LogP contribution >= 0.6 is 0 Å². The van der Waals surface area contributed by atoms with Crippen LogP contribution in [-0.4, -0.2) is 20.7 Å². The Hall–Kier alpha value is -3.60. The molecule has 0 aliphatic heterocycles. The predicted octanol–water partition coefficient (Wildman–Crippen LogP) is 3.33. The van der Waals surface area contributed by atoms with Gasteiger partial charge in [0.05, 0.1) is 17.6 Å². The molecule has 2 aliphatic carbocycles. The lowest BCUT2D eigenvalue weighted by Gasteiger charge is -2.07. The Kier molecular flexibility index (Phi) is 3.52. The van der Waals surface area contributed by atoms with E-state index >= 15 is 0 Å². The number of rotatable bonds is 3. The zero-order valence-electron chi connectivity index (χ0n) is 14.5. The summed E-state index contributed by atoms with van der Waals surface area (Å²) in [7, 11) is 0. The fourth-order valence-corrected chi connectivity index (χ4v) is 3.86. The van der Waals surface area contributed by atoms with E-state index in [9.17, 15) is 13.6 Å². The summed E-state index contributed by atoms with van der Waals surface area (Å²) in [6, 6.07) is 8.31. The molecule has 6 nitrogen and oxygen atoms in total. The van der Waals surface area contributed by atoms with Gasteiger partial charge in [0, 0.05) is 17.5 Å². The summed E-state index contributed by atoms with van der Waals surface area (Å²) in [5.41, 5.74) is 2.68. The number of hydrogen-bond acceptors (Lipinski definition) is 4. The third kappa shape index (κ3) is 2.55. The van der Waals surface area contributed by atoms with Crippen molar-refractivity contribution in [2.45, 2.75) is 18.8 Å². The monoisotopic (exact) mass is 377 g/mol. The van der Waals surface area contributed by atoms with Crippen molar-refractivity contribution in [3.05, 3.63) is 70.8 Å². The number of pyridine rings is 1. The summed E-state index contributed by atoms with van der Waals surface area (Å²) < 4.78 is 29.1. The topological polar surface area (TPSA) is 83.6 Å². The molecule has 2 aliphatic rings. The van der Waals surface area contributed by atoms with Crippen LogP contribution in [0, 0.1) is 28.9 Å². The number of carbonyl (C=O) groups is 1. The van der Waals surface area contributed by atoms with Crippen molar-refractivity contribution in [2.24, 2.45) is 5.92 Å². The Labute approximate surface area is 158 Å². The predicted molar refractivity (Wildman–Crippen MR) is 94.9 cm³/mol. The highest BCUT2D eigenvalue weighted by Gasteiger charge is 2.50. The summed E-state index contributed by atoms with van der Waals surface area (Å²) in [4.78, 5) is 16.7. The molecule has 0 saturated heterocycles. The van der Waals surface area contributed by atoms with Gasteiger partial charge in [-0.3, -0.25) is 4.79 Å². The van der Waals surface area contributed by atoms with Gasteiger partial charge >= 0.3 is 0 Å². The molecule has 138 valence electrons. The van der Waals surface area contributed by atoms with Crippen molar-refractivity contribution in [3.8, 4) is 11.8 Å². The molecule has 28 heavy (non-hydrogen) atoms. The van der Waals surface area contributed by atoms with Gasteiger partial charge < -0.3 is 5.32 Å². The summed E-state index contributed by atoms with van der Waals surface area (Å²) in [6.07, 6.45) is 3.10. The molecule has 1 aromatic carbocycles. The molecule has 1 fully saturated rings. The Balaban J connectivity index is 1.53. The van der Waals surface area contributed by atoms with Crippen molar-refractivity contribution < 1.29 is 13.6 Å². The zero-order chi connectivity index (χ0) is 19.4. The number of nitrogens with zero attached hydrogens (tertiary/aromatic N) is 4. The second-order valence-corrected chi connectivity index (χ2v) is 7.02. The molecule has 0 radical (unpaired) electrons. The number of aromatic nitrogens is 3. The van der Waals surface area contributed by atoms with Crippen LogP contribution in [0.25, 0.3) is 5.69 Å². The third-order valence-corrected chi connectivity index (χ3v) is 5.25. The Morgan fingerprint density at radius 1 is 1.29 bits per heavy atom. The van der Waals surface area contributed by atoms with Crippen LogP contribution in [0.15, 0.2) is 36.5 Å². The number of fused-ring (bicyclic) bond motifs is 3. The SMILES string of the molecule is N#Cc1ccc(NC(=O)c2nn(-c3ccc(F)cc3F)c3c2C[C@H]2C[C@@H]32)cn1. The number of amides is 1. The number of nitriles is 1.